The highest BCUT2D eigenvalue weighted by molar-refractivity contribution is 5.33. The maximum atomic E-state index is 4.37. The van der Waals surface area contributed by atoms with E-state index in [1.807, 2.05) is 0 Å². The molecule has 3 rings (SSSR count). The molecule has 0 atom stereocenters. The van der Waals surface area contributed by atoms with Crippen LogP contribution in [0.15, 0.2) is 72.9 Å². The van der Waals surface area contributed by atoms with E-state index in [1.54, 1.807) is 0 Å². The van der Waals surface area contributed by atoms with Gasteiger partial charge in [-0.2, -0.15) is 0 Å². The van der Waals surface area contributed by atoms with Crippen LogP contribution in [0.1, 0.15) is 23.5 Å². The summed E-state index contributed by atoms with van der Waals surface area (Å²) in [5.74, 6) is 0.379. The zero-order valence-corrected chi connectivity index (χ0v) is 13.0. The molecule has 0 radical (unpaired) electrons. The smallest absolute Gasteiger partial charge is 0.0300 e. The molecule has 22 heavy (non-hydrogen) atoms. The summed E-state index contributed by atoms with van der Waals surface area (Å²) in [6, 6.07) is 21.6. The lowest BCUT2D eigenvalue weighted by molar-refractivity contribution is 0.289. The molecule has 1 saturated heterocycles. The molecule has 0 amide bonds. The van der Waals surface area contributed by atoms with Gasteiger partial charge in [-0.1, -0.05) is 67.2 Å². The molecule has 0 aliphatic carbocycles. The van der Waals surface area contributed by atoms with Crippen molar-refractivity contribution in [2.24, 2.45) is 0 Å². The Kier molecular flexibility index (Phi) is 4.92. The van der Waals surface area contributed by atoms with Crippen molar-refractivity contribution in [2.75, 3.05) is 26.2 Å². The summed E-state index contributed by atoms with van der Waals surface area (Å²) in [6.07, 6.45) is 0.980. The number of hydrogen-bond donors (Lipinski definition) is 1. The van der Waals surface area contributed by atoms with Gasteiger partial charge < -0.3 is 10.2 Å². The Bertz CT molecular complexity index is 546. The van der Waals surface area contributed by atoms with Gasteiger partial charge in [0.05, 0.1) is 0 Å². The third-order valence-electron chi connectivity index (χ3n) is 4.41. The van der Waals surface area contributed by atoms with Crippen molar-refractivity contribution in [1.82, 2.24) is 10.2 Å². The summed E-state index contributed by atoms with van der Waals surface area (Å²) in [6.45, 7) is 8.61. The molecule has 2 nitrogen and oxygen atoms in total. The molecule has 1 heterocycles. The van der Waals surface area contributed by atoms with Gasteiger partial charge >= 0.3 is 0 Å². The van der Waals surface area contributed by atoms with Gasteiger partial charge in [-0.25, -0.2) is 0 Å². The lowest BCUT2D eigenvalue weighted by Crippen LogP contribution is -2.42. The van der Waals surface area contributed by atoms with E-state index in [0.29, 0.717) is 5.92 Å². The van der Waals surface area contributed by atoms with E-state index in [9.17, 15) is 0 Å². The lowest BCUT2D eigenvalue weighted by Gasteiger charge is -2.33. The van der Waals surface area contributed by atoms with Crippen LogP contribution < -0.4 is 5.32 Å². The van der Waals surface area contributed by atoms with Crippen LogP contribution in [0.2, 0.25) is 0 Å². The van der Waals surface area contributed by atoms with E-state index in [1.165, 1.54) is 16.8 Å². The second-order valence-electron chi connectivity index (χ2n) is 5.88. The fraction of sp³-hybridized carbons (Fsp3) is 0.300. The highest BCUT2D eigenvalue weighted by Gasteiger charge is 2.19. The zero-order chi connectivity index (χ0) is 15.2. The standard InChI is InChI=1S/C20H24N2/c1-17(22-14-12-21-13-15-22)16-20(18-8-4-2-5-9-18)19-10-6-3-7-11-19/h2-11,20-21H,1,12-16H2. The van der Waals surface area contributed by atoms with E-state index in [2.05, 4.69) is 77.5 Å². The molecule has 2 aromatic rings. The Morgan fingerprint density at radius 3 is 1.91 bits per heavy atom. The average molecular weight is 292 g/mol. The van der Waals surface area contributed by atoms with Gasteiger partial charge in [-0.15, -0.1) is 0 Å². The van der Waals surface area contributed by atoms with E-state index in [4.69, 9.17) is 0 Å². The zero-order valence-electron chi connectivity index (χ0n) is 13.0. The Morgan fingerprint density at radius 2 is 1.41 bits per heavy atom. The summed E-state index contributed by atoms with van der Waals surface area (Å²) in [4.78, 5) is 2.43. The third-order valence-corrected chi connectivity index (χ3v) is 4.41. The van der Waals surface area contributed by atoms with E-state index < -0.39 is 0 Å². The van der Waals surface area contributed by atoms with Crippen molar-refractivity contribution in [1.29, 1.82) is 0 Å². The quantitative estimate of drug-likeness (QED) is 0.905. The topological polar surface area (TPSA) is 15.3 Å². The molecule has 2 aromatic carbocycles. The van der Waals surface area contributed by atoms with Crippen molar-refractivity contribution >= 4 is 0 Å². The number of benzene rings is 2. The average Bonchev–Trinajstić information content (AvgIpc) is 2.62. The molecule has 2 heteroatoms. The summed E-state index contributed by atoms with van der Waals surface area (Å²) in [7, 11) is 0. The summed E-state index contributed by atoms with van der Waals surface area (Å²) >= 11 is 0. The molecule has 0 bridgehead atoms. The first-order valence-corrected chi connectivity index (χ1v) is 8.08. The first-order chi connectivity index (χ1) is 10.8. The molecule has 1 aliphatic rings. The third kappa shape index (κ3) is 3.58. The molecular formula is C20H24N2. The van der Waals surface area contributed by atoms with Crippen molar-refractivity contribution in [2.45, 2.75) is 12.3 Å². The molecular weight excluding hydrogens is 268 g/mol. The Labute approximate surface area is 133 Å². The number of rotatable bonds is 5. The van der Waals surface area contributed by atoms with Crippen molar-refractivity contribution in [3.8, 4) is 0 Å². The Morgan fingerprint density at radius 1 is 0.909 bits per heavy atom. The van der Waals surface area contributed by atoms with Crippen LogP contribution in [-0.4, -0.2) is 31.1 Å². The first-order valence-electron chi connectivity index (χ1n) is 8.08. The molecule has 1 N–H and O–H groups in total. The second kappa shape index (κ2) is 7.28. The van der Waals surface area contributed by atoms with Crippen molar-refractivity contribution in [3.05, 3.63) is 84.1 Å². The molecule has 0 spiro atoms. The molecule has 0 aromatic heterocycles. The second-order valence-corrected chi connectivity index (χ2v) is 5.88. The molecule has 1 fully saturated rings. The van der Waals surface area contributed by atoms with Gasteiger partial charge in [0.25, 0.3) is 0 Å². The first kappa shape index (κ1) is 14.9. The molecule has 0 saturated carbocycles. The number of allylic oxidation sites excluding steroid dienone is 1. The number of piperazine rings is 1. The maximum Gasteiger partial charge on any atom is 0.0300 e. The number of nitrogens with zero attached hydrogens (tertiary/aromatic N) is 1. The minimum Gasteiger partial charge on any atom is -0.373 e. The highest BCUT2D eigenvalue weighted by atomic mass is 15.2. The predicted octanol–water partition coefficient (Wildman–Crippen LogP) is 3.63. The van der Waals surface area contributed by atoms with Gasteiger partial charge in [0.1, 0.15) is 0 Å². The van der Waals surface area contributed by atoms with Crippen LogP contribution >= 0.6 is 0 Å². The van der Waals surface area contributed by atoms with Crippen LogP contribution in [0.3, 0.4) is 0 Å². The minimum atomic E-state index is 0.379. The van der Waals surface area contributed by atoms with Crippen LogP contribution in [0.25, 0.3) is 0 Å². The Balaban J connectivity index is 1.81. The summed E-state index contributed by atoms with van der Waals surface area (Å²) < 4.78 is 0. The highest BCUT2D eigenvalue weighted by Crippen LogP contribution is 2.31. The van der Waals surface area contributed by atoms with Crippen LogP contribution in [0, 0.1) is 0 Å². The fourth-order valence-electron chi connectivity index (χ4n) is 3.14. The van der Waals surface area contributed by atoms with E-state index in [-0.39, 0.29) is 0 Å². The van der Waals surface area contributed by atoms with Crippen molar-refractivity contribution < 1.29 is 0 Å². The van der Waals surface area contributed by atoms with Gasteiger partial charge in [-0.3, -0.25) is 0 Å². The van der Waals surface area contributed by atoms with Gasteiger partial charge in [0.15, 0.2) is 0 Å². The van der Waals surface area contributed by atoms with E-state index in [0.717, 1.165) is 32.6 Å². The molecule has 114 valence electrons. The molecule has 1 aliphatic heterocycles. The Hall–Kier alpha value is -2.06. The maximum absolute atomic E-state index is 4.37. The van der Waals surface area contributed by atoms with Crippen molar-refractivity contribution in [3.63, 3.8) is 0 Å². The SMILES string of the molecule is C=C(CC(c1ccccc1)c1ccccc1)N1CCNCC1. The monoisotopic (exact) mass is 292 g/mol. The van der Waals surface area contributed by atoms with Crippen LogP contribution in [0.4, 0.5) is 0 Å². The van der Waals surface area contributed by atoms with Crippen LogP contribution in [0.5, 0.6) is 0 Å². The normalized spacial score (nSPS) is 15.0. The largest absolute Gasteiger partial charge is 0.373 e. The summed E-state index contributed by atoms with van der Waals surface area (Å²) in [5, 5.41) is 3.40. The number of hydrogen-bond acceptors (Lipinski definition) is 2. The summed E-state index contributed by atoms with van der Waals surface area (Å²) in [5.41, 5.74) is 3.98. The van der Waals surface area contributed by atoms with Gasteiger partial charge in [0, 0.05) is 37.8 Å². The number of nitrogens with one attached hydrogen (secondary N) is 1. The van der Waals surface area contributed by atoms with Gasteiger partial charge in [0.2, 0.25) is 0 Å². The predicted molar refractivity (Wildman–Crippen MR) is 92.9 cm³/mol. The fourth-order valence-corrected chi connectivity index (χ4v) is 3.14. The lowest BCUT2D eigenvalue weighted by atomic mass is 9.87. The van der Waals surface area contributed by atoms with Crippen LogP contribution in [-0.2, 0) is 0 Å². The minimum absolute atomic E-state index is 0.379. The van der Waals surface area contributed by atoms with Gasteiger partial charge in [-0.05, 0) is 17.5 Å². The van der Waals surface area contributed by atoms with E-state index >= 15 is 0 Å². The molecule has 0 unspecified atom stereocenters.